The first kappa shape index (κ1) is 49.3. The molecule has 0 amide bonds. The number of nitrogens with zero attached hydrogens (tertiary/aromatic N) is 1. The molecule has 0 heterocycles. The normalized spacial score (nSPS) is 16.2. The minimum Gasteiger partial charge on any atom is -0.309 e. The Morgan fingerprint density at radius 3 is 1.43 bits per heavy atom. The quantitative estimate of drug-likeness (QED) is 0.160. The predicted molar refractivity (Wildman–Crippen MR) is 341 cm³/mol. The van der Waals surface area contributed by atoms with Gasteiger partial charge in [0.2, 0.25) is 0 Å². The fraction of sp³-hybridized carbons (Fsp3) is 0.175. The highest BCUT2D eigenvalue weighted by Crippen LogP contribution is 2.66. The lowest BCUT2D eigenvalue weighted by molar-refractivity contribution is 0.589. The van der Waals surface area contributed by atoms with E-state index in [2.05, 4.69) is 310 Å². The molecule has 0 fully saturated rings. The highest BCUT2D eigenvalue weighted by molar-refractivity contribution is 6.03. The second kappa shape index (κ2) is 17.4. The molecule has 0 aliphatic heterocycles. The third-order valence-electron chi connectivity index (χ3n) is 19.3. The molecule has 1 atom stereocenters. The molecule has 4 aliphatic carbocycles. The molecule has 1 unspecified atom stereocenters. The molecule has 0 radical (unpaired) electrons. The molecular weight excluding hydrogens is 975 g/mol. The number of rotatable bonds is 6. The van der Waals surface area contributed by atoms with E-state index in [0.717, 1.165) is 17.1 Å². The topological polar surface area (TPSA) is 3.24 Å². The van der Waals surface area contributed by atoms with Crippen LogP contribution >= 0.6 is 0 Å². The average molecular weight is 1040 g/mol. The highest BCUT2D eigenvalue weighted by atomic mass is 15.1. The van der Waals surface area contributed by atoms with Crippen molar-refractivity contribution < 1.29 is 0 Å². The van der Waals surface area contributed by atoms with Gasteiger partial charge in [-0.05, 0) is 165 Å². The fourth-order valence-electron chi connectivity index (χ4n) is 15.3. The maximum Gasteiger partial charge on any atom is 0.0726 e. The van der Waals surface area contributed by atoms with Crippen LogP contribution in [0.5, 0.6) is 0 Å². The summed E-state index contributed by atoms with van der Waals surface area (Å²) < 4.78 is 0. The van der Waals surface area contributed by atoms with Gasteiger partial charge in [0.1, 0.15) is 0 Å². The first-order valence-electron chi connectivity index (χ1n) is 29.2. The van der Waals surface area contributed by atoms with E-state index >= 15 is 0 Å². The van der Waals surface area contributed by atoms with Crippen molar-refractivity contribution in [2.24, 2.45) is 0 Å². The van der Waals surface area contributed by atoms with Crippen LogP contribution in [0.1, 0.15) is 124 Å². The summed E-state index contributed by atoms with van der Waals surface area (Å²) >= 11 is 0. The van der Waals surface area contributed by atoms with Gasteiger partial charge in [-0.15, -0.1) is 0 Å². The summed E-state index contributed by atoms with van der Waals surface area (Å²) in [5.41, 5.74) is 32.6. The summed E-state index contributed by atoms with van der Waals surface area (Å²) in [5, 5.41) is 0. The first-order chi connectivity index (χ1) is 39.1. The van der Waals surface area contributed by atoms with E-state index in [9.17, 15) is 0 Å². The first-order valence-corrected chi connectivity index (χ1v) is 29.2. The Hall–Kier alpha value is -8.78. The Kier molecular flexibility index (Phi) is 10.6. The molecule has 392 valence electrons. The number of para-hydroxylation sites is 1. The molecule has 1 heteroatoms. The summed E-state index contributed by atoms with van der Waals surface area (Å²) in [6.45, 7) is 21.3. The van der Waals surface area contributed by atoms with Crippen molar-refractivity contribution in [3.05, 3.63) is 304 Å². The second-order valence-electron chi connectivity index (χ2n) is 26.1. The zero-order chi connectivity index (χ0) is 55.4. The Labute approximate surface area is 479 Å². The van der Waals surface area contributed by atoms with Crippen LogP contribution in [0.2, 0.25) is 0 Å². The molecule has 15 rings (SSSR count). The number of benzene rings is 11. The largest absolute Gasteiger partial charge is 0.309 e. The minimum atomic E-state index is -0.536. The lowest BCUT2D eigenvalue weighted by atomic mass is 9.70. The molecule has 11 aromatic rings. The van der Waals surface area contributed by atoms with Gasteiger partial charge in [-0.3, -0.25) is 0 Å². The van der Waals surface area contributed by atoms with Crippen LogP contribution in [-0.2, 0) is 27.1 Å². The number of anilines is 3. The van der Waals surface area contributed by atoms with Crippen molar-refractivity contribution in [2.45, 2.75) is 89.4 Å². The Morgan fingerprint density at radius 1 is 0.309 bits per heavy atom. The van der Waals surface area contributed by atoms with Gasteiger partial charge < -0.3 is 4.90 Å². The number of hydrogen-bond acceptors (Lipinski definition) is 1. The third kappa shape index (κ3) is 6.91. The van der Waals surface area contributed by atoms with E-state index in [1.807, 2.05) is 0 Å². The van der Waals surface area contributed by atoms with Crippen molar-refractivity contribution in [1.82, 2.24) is 0 Å². The number of hydrogen-bond donors (Lipinski definition) is 0. The monoisotopic (exact) mass is 1040 g/mol. The fourth-order valence-corrected chi connectivity index (χ4v) is 15.3. The third-order valence-corrected chi connectivity index (χ3v) is 19.3. The van der Waals surface area contributed by atoms with Crippen molar-refractivity contribution in [1.29, 1.82) is 0 Å². The van der Waals surface area contributed by atoms with Gasteiger partial charge in [0.05, 0.1) is 16.8 Å². The van der Waals surface area contributed by atoms with Crippen molar-refractivity contribution in [2.75, 3.05) is 4.90 Å². The van der Waals surface area contributed by atoms with E-state index in [4.69, 9.17) is 0 Å². The second-order valence-corrected chi connectivity index (χ2v) is 26.1. The molecule has 0 N–H and O–H groups in total. The van der Waals surface area contributed by atoms with Crippen LogP contribution in [0, 0.1) is 0 Å². The van der Waals surface area contributed by atoms with Crippen LogP contribution in [0.25, 0.3) is 66.8 Å². The maximum atomic E-state index is 2.59. The lowest BCUT2D eigenvalue weighted by Gasteiger charge is -2.33. The molecule has 81 heavy (non-hydrogen) atoms. The van der Waals surface area contributed by atoms with Crippen LogP contribution in [0.15, 0.2) is 243 Å². The SMILES string of the molecule is CC(C)(C)c1ccc2c(c1)-c1cc(C(C)(C)C)ccc1C21c2ccccc2-c2c(N(c3ccc(-c4ccc5c(c4)C(C)(c4ccccc4)c4ccccc4-5)cc3)c3ccccc3-c3cccc4c3C(C)(C)c3ccccc3-4)cccc21. The van der Waals surface area contributed by atoms with Gasteiger partial charge in [-0.25, -0.2) is 0 Å². The van der Waals surface area contributed by atoms with Crippen LogP contribution in [0.3, 0.4) is 0 Å². The molecule has 0 saturated heterocycles. The Balaban J connectivity index is 0.963. The van der Waals surface area contributed by atoms with E-state index in [1.165, 1.54) is 128 Å². The van der Waals surface area contributed by atoms with Crippen molar-refractivity contribution in [3.8, 4) is 66.8 Å². The van der Waals surface area contributed by atoms with E-state index in [0.29, 0.717) is 0 Å². The molecule has 1 nitrogen and oxygen atoms in total. The summed E-state index contributed by atoms with van der Waals surface area (Å²) in [5.74, 6) is 0. The molecular formula is C80H67N. The van der Waals surface area contributed by atoms with Crippen LogP contribution in [0.4, 0.5) is 17.1 Å². The van der Waals surface area contributed by atoms with Gasteiger partial charge in [0.15, 0.2) is 0 Å². The lowest BCUT2D eigenvalue weighted by Crippen LogP contribution is -2.26. The summed E-state index contributed by atoms with van der Waals surface area (Å²) in [7, 11) is 0. The molecule has 0 aromatic heterocycles. The van der Waals surface area contributed by atoms with Gasteiger partial charge in [0, 0.05) is 27.6 Å². The van der Waals surface area contributed by atoms with Crippen LogP contribution in [-0.4, -0.2) is 0 Å². The van der Waals surface area contributed by atoms with E-state index < -0.39 is 5.41 Å². The molecule has 0 saturated carbocycles. The van der Waals surface area contributed by atoms with Gasteiger partial charge in [0.25, 0.3) is 0 Å². The summed E-state index contributed by atoms with van der Waals surface area (Å²) in [6, 6.07) is 93.1. The summed E-state index contributed by atoms with van der Waals surface area (Å²) in [6.07, 6.45) is 0. The van der Waals surface area contributed by atoms with Gasteiger partial charge in [-0.2, -0.15) is 0 Å². The highest BCUT2D eigenvalue weighted by Gasteiger charge is 2.53. The molecule has 1 spiro atoms. The van der Waals surface area contributed by atoms with Gasteiger partial charge in [-0.1, -0.05) is 268 Å². The van der Waals surface area contributed by atoms with E-state index in [1.54, 1.807) is 0 Å². The van der Waals surface area contributed by atoms with Crippen LogP contribution < -0.4 is 4.90 Å². The standard InChI is InChI=1S/C80H67N/c1-76(2,3)53-40-45-68-63(48-53)64-49-54(77(4,5)6)41-46-69(64)80(68)67-33-19-15-28-62(67)74-70(80)34-22-36-73(74)81(72-35-20-16-27-59(72)61-30-21-29-60-57-26-13-17-31-65(57)78(7,8)75(60)61)55-42-37-50(38-43-55)51-39-44-58-56-25-14-18-32-66(56)79(9,71(58)47-51)52-23-11-10-12-24-52/h10-49H,1-9H3. The van der Waals surface area contributed by atoms with Gasteiger partial charge >= 0.3 is 0 Å². The molecule has 0 bridgehead atoms. The van der Waals surface area contributed by atoms with E-state index in [-0.39, 0.29) is 21.7 Å². The number of fused-ring (bicyclic) bond motifs is 16. The molecule has 11 aromatic carbocycles. The zero-order valence-corrected chi connectivity index (χ0v) is 48.0. The average Bonchev–Trinajstić information content (AvgIpc) is 4.33. The van der Waals surface area contributed by atoms with Crippen molar-refractivity contribution >= 4 is 17.1 Å². The van der Waals surface area contributed by atoms with Crippen molar-refractivity contribution in [3.63, 3.8) is 0 Å². The zero-order valence-electron chi connectivity index (χ0n) is 48.0. The Bertz CT molecular complexity index is 4340. The minimum absolute atomic E-state index is 0.0132. The Morgan fingerprint density at radius 2 is 0.778 bits per heavy atom. The predicted octanol–water partition coefficient (Wildman–Crippen LogP) is 21.1. The maximum absolute atomic E-state index is 2.59. The molecule has 4 aliphatic rings. The smallest absolute Gasteiger partial charge is 0.0726 e. The summed E-state index contributed by atoms with van der Waals surface area (Å²) in [4.78, 5) is 2.59.